The number of anilines is 2. The van der Waals surface area contributed by atoms with Gasteiger partial charge in [-0.15, -0.1) is 0 Å². The minimum absolute atomic E-state index is 0.300. The first-order chi connectivity index (χ1) is 12.5. The maximum Gasteiger partial charge on any atom is 0.338 e. The first-order valence-corrected chi connectivity index (χ1v) is 8.67. The van der Waals surface area contributed by atoms with Crippen molar-refractivity contribution in [3.05, 3.63) is 47.4 Å². The average Bonchev–Trinajstić information content (AvgIpc) is 2.63. The molecule has 7 heteroatoms. The van der Waals surface area contributed by atoms with E-state index in [9.17, 15) is 9.59 Å². The molecule has 138 valence electrons. The number of nitrogens with one attached hydrogen (secondary N) is 1. The van der Waals surface area contributed by atoms with Gasteiger partial charge in [0, 0.05) is 24.8 Å². The minimum Gasteiger partial charge on any atom is -0.462 e. The Morgan fingerprint density at radius 3 is 2.31 bits per heavy atom. The molecule has 0 aliphatic carbocycles. The number of carbonyl (C=O) groups excluding carboxylic acids is 2. The molecule has 1 aromatic carbocycles. The molecule has 26 heavy (non-hydrogen) atoms. The number of rotatable bonds is 7. The molecule has 7 nitrogen and oxygen atoms in total. The Kier molecular flexibility index (Phi) is 6.66. The van der Waals surface area contributed by atoms with Crippen LogP contribution in [0.2, 0.25) is 0 Å². The molecule has 0 unspecified atom stereocenters. The van der Waals surface area contributed by atoms with E-state index in [2.05, 4.69) is 20.2 Å². The van der Waals surface area contributed by atoms with Gasteiger partial charge in [0.15, 0.2) is 0 Å². The zero-order valence-corrected chi connectivity index (χ0v) is 15.6. The van der Waals surface area contributed by atoms with Crippen molar-refractivity contribution in [3.63, 3.8) is 0 Å². The number of aryl methyl sites for hydroxylation is 1. The molecule has 0 radical (unpaired) electrons. The Bertz CT molecular complexity index is 771. The van der Waals surface area contributed by atoms with Gasteiger partial charge in [-0.1, -0.05) is 0 Å². The highest BCUT2D eigenvalue weighted by Gasteiger charge is 2.14. The second-order valence-electron chi connectivity index (χ2n) is 5.58. The summed E-state index contributed by atoms with van der Waals surface area (Å²) >= 11 is 0. The van der Waals surface area contributed by atoms with Crippen LogP contribution >= 0.6 is 0 Å². The zero-order chi connectivity index (χ0) is 19.1. The van der Waals surface area contributed by atoms with E-state index in [1.165, 1.54) is 0 Å². The van der Waals surface area contributed by atoms with E-state index in [0.29, 0.717) is 29.4 Å². The molecular formula is C19H24N4O3. The van der Waals surface area contributed by atoms with Crippen molar-refractivity contribution in [2.45, 2.75) is 27.7 Å². The largest absolute Gasteiger partial charge is 0.462 e. The molecule has 0 bridgehead atoms. The van der Waals surface area contributed by atoms with Crippen LogP contribution in [0.15, 0.2) is 30.3 Å². The number of nitrogens with zero attached hydrogens (tertiary/aromatic N) is 3. The standard InChI is InChI=1S/C19H24N4O3/c1-5-23(6-2)17-12-16(20-13(4)21-17)18(24)22-15-10-8-14(9-11-15)19(25)26-7-3/h8-12H,5-7H2,1-4H3,(H,22,24). The van der Waals surface area contributed by atoms with Crippen LogP contribution in [0, 0.1) is 6.92 Å². The predicted octanol–water partition coefficient (Wildman–Crippen LogP) is 3.06. The molecule has 0 fully saturated rings. The van der Waals surface area contributed by atoms with Crippen molar-refractivity contribution in [1.29, 1.82) is 0 Å². The van der Waals surface area contributed by atoms with Crippen molar-refractivity contribution in [3.8, 4) is 0 Å². The Morgan fingerprint density at radius 2 is 1.73 bits per heavy atom. The maximum atomic E-state index is 12.5. The second kappa shape index (κ2) is 8.94. The summed E-state index contributed by atoms with van der Waals surface area (Å²) in [5.74, 6) is 0.552. The van der Waals surface area contributed by atoms with Crippen molar-refractivity contribution in [2.24, 2.45) is 0 Å². The van der Waals surface area contributed by atoms with Gasteiger partial charge in [0.05, 0.1) is 12.2 Å². The van der Waals surface area contributed by atoms with E-state index in [1.807, 2.05) is 13.8 Å². The SMILES string of the molecule is CCOC(=O)c1ccc(NC(=O)c2cc(N(CC)CC)nc(C)n2)cc1. The molecular weight excluding hydrogens is 332 g/mol. The highest BCUT2D eigenvalue weighted by atomic mass is 16.5. The second-order valence-corrected chi connectivity index (χ2v) is 5.58. The molecule has 0 aliphatic heterocycles. The summed E-state index contributed by atoms with van der Waals surface area (Å²) in [6.07, 6.45) is 0. The van der Waals surface area contributed by atoms with Gasteiger partial charge in [0.1, 0.15) is 17.3 Å². The van der Waals surface area contributed by atoms with Crippen LogP contribution < -0.4 is 10.2 Å². The van der Waals surface area contributed by atoms with E-state index < -0.39 is 0 Å². The summed E-state index contributed by atoms with van der Waals surface area (Å²) in [4.78, 5) is 34.9. The lowest BCUT2D eigenvalue weighted by Gasteiger charge is -2.20. The number of benzene rings is 1. The average molecular weight is 356 g/mol. The topological polar surface area (TPSA) is 84.4 Å². The summed E-state index contributed by atoms with van der Waals surface area (Å²) in [5.41, 5.74) is 1.31. The first-order valence-electron chi connectivity index (χ1n) is 8.67. The molecule has 0 atom stereocenters. The Labute approximate surface area is 153 Å². The van der Waals surface area contributed by atoms with Crippen LogP contribution in [0.4, 0.5) is 11.5 Å². The summed E-state index contributed by atoms with van der Waals surface area (Å²) in [6.45, 7) is 9.49. The Hall–Kier alpha value is -2.96. The van der Waals surface area contributed by atoms with E-state index in [0.717, 1.165) is 18.9 Å². The van der Waals surface area contributed by atoms with Gasteiger partial charge < -0.3 is 15.0 Å². The van der Waals surface area contributed by atoms with Crippen molar-refractivity contribution in [2.75, 3.05) is 29.9 Å². The van der Waals surface area contributed by atoms with Gasteiger partial charge in [0.2, 0.25) is 0 Å². The lowest BCUT2D eigenvalue weighted by Crippen LogP contribution is -2.24. The summed E-state index contributed by atoms with van der Waals surface area (Å²) in [5, 5.41) is 2.79. The predicted molar refractivity (Wildman–Crippen MR) is 101 cm³/mol. The molecule has 2 aromatic rings. The van der Waals surface area contributed by atoms with Gasteiger partial charge in [-0.25, -0.2) is 14.8 Å². The molecule has 0 aliphatic rings. The first kappa shape index (κ1) is 19.4. The summed E-state index contributed by atoms with van der Waals surface area (Å²) in [6, 6.07) is 8.22. The van der Waals surface area contributed by atoms with Crippen LogP contribution in [-0.2, 0) is 4.74 Å². The van der Waals surface area contributed by atoms with E-state index in [-0.39, 0.29) is 11.9 Å². The molecule has 1 N–H and O–H groups in total. The molecule has 1 aromatic heterocycles. The van der Waals surface area contributed by atoms with E-state index >= 15 is 0 Å². The molecule has 0 saturated heterocycles. The number of carbonyl (C=O) groups is 2. The monoisotopic (exact) mass is 356 g/mol. The number of hydrogen-bond acceptors (Lipinski definition) is 6. The fourth-order valence-corrected chi connectivity index (χ4v) is 2.48. The van der Waals surface area contributed by atoms with Crippen LogP contribution in [0.1, 0.15) is 47.4 Å². The fraction of sp³-hybridized carbons (Fsp3) is 0.368. The number of amides is 1. The highest BCUT2D eigenvalue weighted by Crippen LogP contribution is 2.15. The molecule has 0 saturated carbocycles. The van der Waals surface area contributed by atoms with Gasteiger partial charge in [-0.3, -0.25) is 4.79 Å². The minimum atomic E-state index is -0.388. The molecule has 0 spiro atoms. The third-order valence-electron chi connectivity index (χ3n) is 3.80. The number of aromatic nitrogens is 2. The lowest BCUT2D eigenvalue weighted by atomic mass is 10.2. The third-order valence-corrected chi connectivity index (χ3v) is 3.80. The number of esters is 1. The highest BCUT2D eigenvalue weighted by molar-refractivity contribution is 6.03. The maximum absolute atomic E-state index is 12.5. The zero-order valence-electron chi connectivity index (χ0n) is 15.6. The summed E-state index contributed by atoms with van der Waals surface area (Å²) in [7, 11) is 0. The van der Waals surface area contributed by atoms with Crippen molar-refractivity contribution in [1.82, 2.24) is 9.97 Å². The van der Waals surface area contributed by atoms with Gasteiger partial charge >= 0.3 is 5.97 Å². The molecule has 1 heterocycles. The van der Waals surface area contributed by atoms with Gasteiger partial charge in [0.25, 0.3) is 5.91 Å². The normalized spacial score (nSPS) is 10.3. The van der Waals surface area contributed by atoms with Crippen LogP contribution in [0.25, 0.3) is 0 Å². The number of hydrogen-bond donors (Lipinski definition) is 1. The smallest absolute Gasteiger partial charge is 0.338 e. The van der Waals surface area contributed by atoms with Gasteiger partial charge in [-0.2, -0.15) is 0 Å². The Balaban J connectivity index is 2.16. The molecule has 1 amide bonds. The summed E-state index contributed by atoms with van der Waals surface area (Å²) < 4.78 is 4.94. The van der Waals surface area contributed by atoms with Crippen LogP contribution in [0.5, 0.6) is 0 Å². The Morgan fingerprint density at radius 1 is 1.08 bits per heavy atom. The van der Waals surface area contributed by atoms with E-state index in [4.69, 9.17) is 4.74 Å². The van der Waals surface area contributed by atoms with Crippen molar-refractivity contribution < 1.29 is 14.3 Å². The quantitative estimate of drug-likeness (QED) is 0.768. The van der Waals surface area contributed by atoms with E-state index in [1.54, 1.807) is 44.2 Å². The van der Waals surface area contributed by atoms with Crippen LogP contribution in [0.3, 0.4) is 0 Å². The molecule has 2 rings (SSSR count). The van der Waals surface area contributed by atoms with Crippen LogP contribution in [-0.4, -0.2) is 41.5 Å². The van der Waals surface area contributed by atoms with Crippen molar-refractivity contribution >= 4 is 23.4 Å². The number of ether oxygens (including phenoxy) is 1. The third kappa shape index (κ3) is 4.78. The fourth-order valence-electron chi connectivity index (χ4n) is 2.48. The van der Waals surface area contributed by atoms with Gasteiger partial charge in [-0.05, 0) is 52.0 Å². The lowest BCUT2D eigenvalue weighted by molar-refractivity contribution is 0.0526.